The third kappa shape index (κ3) is 7.62. The van der Waals surface area contributed by atoms with Gasteiger partial charge in [0.05, 0.1) is 6.54 Å². The van der Waals surface area contributed by atoms with Gasteiger partial charge < -0.3 is 14.5 Å². The van der Waals surface area contributed by atoms with Crippen LogP contribution < -0.4 is 4.74 Å². The van der Waals surface area contributed by atoms with Crippen molar-refractivity contribution in [2.75, 3.05) is 13.2 Å². The van der Waals surface area contributed by atoms with E-state index in [1.807, 2.05) is 66.6 Å². The minimum absolute atomic E-state index is 0.00995. The summed E-state index contributed by atoms with van der Waals surface area (Å²) in [5.41, 5.74) is 1.05. The molecule has 3 rings (SSSR count). The minimum Gasteiger partial charge on any atom is -0.484 e. The number of ether oxygens (including phenoxy) is 1. The van der Waals surface area contributed by atoms with Crippen LogP contribution in [0.1, 0.15) is 30.7 Å². The van der Waals surface area contributed by atoms with Crippen molar-refractivity contribution >= 4 is 34.8 Å². The topological polar surface area (TPSA) is 49.9 Å². The van der Waals surface area contributed by atoms with Crippen LogP contribution in [0.3, 0.4) is 0 Å². The largest absolute Gasteiger partial charge is 0.484 e. The molecule has 0 aliphatic carbocycles. The Kier molecular flexibility index (Phi) is 9.34. The van der Waals surface area contributed by atoms with E-state index in [1.54, 1.807) is 40.5 Å². The summed E-state index contributed by atoms with van der Waals surface area (Å²) >= 11 is 7.53. The fourth-order valence-corrected chi connectivity index (χ4v) is 4.19. The fourth-order valence-electron chi connectivity index (χ4n) is 3.34. The summed E-state index contributed by atoms with van der Waals surface area (Å²) in [4.78, 5) is 31.0. The van der Waals surface area contributed by atoms with E-state index in [-0.39, 0.29) is 31.0 Å². The van der Waals surface area contributed by atoms with Crippen LogP contribution in [0.4, 0.5) is 0 Å². The maximum absolute atomic E-state index is 13.4. The molecule has 7 heteroatoms. The molecule has 0 saturated heterocycles. The molecule has 5 nitrogen and oxygen atoms in total. The zero-order valence-electron chi connectivity index (χ0n) is 18.9. The highest BCUT2D eigenvalue weighted by atomic mass is 35.5. The molecular formula is C26H29ClN2O3S. The van der Waals surface area contributed by atoms with Gasteiger partial charge in [0, 0.05) is 22.5 Å². The molecule has 174 valence electrons. The molecular weight excluding hydrogens is 456 g/mol. The highest BCUT2D eigenvalue weighted by molar-refractivity contribution is 7.09. The molecule has 1 heterocycles. The lowest BCUT2D eigenvalue weighted by Crippen LogP contribution is -2.47. The van der Waals surface area contributed by atoms with Crippen molar-refractivity contribution in [1.82, 2.24) is 9.80 Å². The van der Waals surface area contributed by atoms with Crippen molar-refractivity contribution in [3.8, 4) is 5.75 Å². The van der Waals surface area contributed by atoms with Crippen molar-refractivity contribution in [3.63, 3.8) is 0 Å². The fraction of sp³-hybridized carbons (Fsp3) is 0.308. The predicted octanol–water partition coefficient (Wildman–Crippen LogP) is 5.64. The summed E-state index contributed by atoms with van der Waals surface area (Å²) in [5.74, 6) is 0.252. The van der Waals surface area contributed by atoms with Crippen LogP contribution in [0.15, 0.2) is 72.1 Å². The first kappa shape index (κ1) is 24.8. The number of hydrogen-bond donors (Lipinski definition) is 0. The number of thiophene rings is 1. The van der Waals surface area contributed by atoms with Crippen molar-refractivity contribution < 1.29 is 14.3 Å². The number of carbonyl (C=O) groups is 2. The molecule has 0 N–H and O–H groups in total. The molecule has 0 radical (unpaired) electrons. The van der Waals surface area contributed by atoms with Crippen molar-refractivity contribution in [1.29, 1.82) is 0 Å². The lowest BCUT2D eigenvalue weighted by atomic mass is 10.2. The average Bonchev–Trinajstić information content (AvgIpc) is 3.35. The van der Waals surface area contributed by atoms with Gasteiger partial charge in [-0.3, -0.25) is 9.59 Å². The quantitative estimate of drug-likeness (QED) is 0.354. The van der Waals surface area contributed by atoms with E-state index in [0.29, 0.717) is 23.9 Å². The molecule has 1 unspecified atom stereocenters. The highest BCUT2D eigenvalue weighted by Gasteiger charge is 2.25. The van der Waals surface area contributed by atoms with Gasteiger partial charge in [-0.2, -0.15) is 0 Å². The van der Waals surface area contributed by atoms with Crippen LogP contribution in [-0.2, 0) is 22.7 Å². The zero-order valence-corrected chi connectivity index (χ0v) is 20.5. The second kappa shape index (κ2) is 12.4. The molecule has 2 amide bonds. The van der Waals surface area contributed by atoms with Crippen LogP contribution >= 0.6 is 22.9 Å². The monoisotopic (exact) mass is 484 g/mol. The summed E-state index contributed by atoms with van der Waals surface area (Å²) in [6.07, 6.45) is 0.740. The summed E-state index contributed by atoms with van der Waals surface area (Å²) < 4.78 is 5.65. The summed E-state index contributed by atoms with van der Waals surface area (Å²) in [6.45, 7) is 4.83. The standard InChI is InChI=1S/C26H29ClN2O3S/c1-3-20(2)29(26(31)19-32-23-13-11-22(27)12-14-23)18-25(30)28(17-24-10-7-15-33-24)16-21-8-5-4-6-9-21/h4-15,20H,3,16-19H2,1-2H3. The predicted molar refractivity (Wildman–Crippen MR) is 133 cm³/mol. The van der Waals surface area contributed by atoms with Crippen LogP contribution in [0, 0.1) is 0 Å². The van der Waals surface area contributed by atoms with Crippen molar-refractivity contribution in [2.45, 2.75) is 39.4 Å². The van der Waals surface area contributed by atoms with E-state index in [0.717, 1.165) is 16.9 Å². The van der Waals surface area contributed by atoms with Crippen LogP contribution in [0.2, 0.25) is 5.02 Å². The smallest absolute Gasteiger partial charge is 0.261 e. The van der Waals surface area contributed by atoms with Gasteiger partial charge in [0.25, 0.3) is 5.91 Å². The Hall–Kier alpha value is -2.83. The van der Waals surface area contributed by atoms with Gasteiger partial charge in [-0.15, -0.1) is 11.3 Å². The Morgan fingerprint density at radius 3 is 2.33 bits per heavy atom. The molecule has 0 bridgehead atoms. The Morgan fingerprint density at radius 2 is 1.70 bits per heavy atom. The number of amides is 2. The van der Waals surface area contributed by atoms with Gasteiger partial charge in [0.15, 0.2) is 6.61 Å². The molecule has 0 fully saturated rings. The van der Waals surface area contributed by atoms with Gasteiger partial charge in [0.1, 0.15) is 12.3 Å². The number of hydrogen-bond acceptors (Lipinski definition) is 4. The third-order valence-electron chi connectivity index (χ3n) is 5.42. The first-order chi connectivity index (χ1) is 16.0. The molecule has 0 spiro atoms. The van der Waals surface area contributed by atoms with Gasteiger partial charge in [-0.1, -0.05) is 54.9 Å². The minimum atomic E-state index is -0.219. The normalized spacial score (nSPS) is 11.6. The first-order valence-corrected chi connectivity index (χ1v) is 12.2. The van der Waals surface area contributed by atoms with E-state index in [9.17, 15) is 9.59 Å². The Morgan fingerprint density at radius 1 is 0.970 bits per heavy atom. The van der Waals surface area contributed by atoms with E-state index in [1.165, 1.54) is 0 Å². The van der Waals surface area contributed by atoms with E-state index in [2.05, 4.69) is 0 Å². The zero-order chi connectivity index (χ0) is 23.6. The van der Waals surface area contributed by atoms with Gasteiger partial charge in [-0.25, -0.2) is 0 Å². The number of rotatable bonds is 11. The molecule has 0 saturated carbocycles. The van der Waals surface area contributed by atoms with Crippen molar-refractivity contribution in [3.05, 3.63) is 87.6 Å². The molecule has 1 atom stereocenters. The molecule has 1 aromatic heterocycles. The lowest BCUT2D eigenvalue weighted by molar-refractivity contribution is -0.144. The molecule has 33 heavy (non-hydrogen) atoms. The summed E-state index contributed by atoms with van der Waals surface area (Å²) in [7, 11) is 0. The molecule has 0 aliphatic rings. The number of halogens is 1. The van der Waals surface area contributed by atoms with E-state index >= 15 is 0 Å². The Balaban J connectivity index is 1.70. The number of carbonyl (C=O) groups excluding carboxylic acids is 2. The molecule has 2 aromatic carbocycles. The second-order valence-electron chi connectivity index (χ2n) is 7.84. The number of nitrogens with zero attached hydrogens (tertiary/aromatic N) is 2. The average molecular weight is 485 g/mol. The Labute approximate surface area is 204 Å². The van der Waals surface area contributed by atoms with Gasteiger partial charge in [-0.05, 0) is 54.6 Å². The van der Waals surface area contributed by atoms with Gasteiger partial charge >= 0.3 is 0 Å². The maximum Gasteiger partial charge on any atom is 0.261 e. The third-order valence-corrected chi connectivity index (χ3v) is 6.53. The van der Waals surface area contributed by atoms with E-state index in [4.69, 9.17) is 16.3 Å². The molecule has 0 aliphatic heterocycles. The molecule has 3 aromatic rings. The van der Waals surface area contributed by atoms with Crippen LogP contribution in [0.5, 0.6) is 5.75 Å². The van der Waals surface area contributed by atoms with Gasteiger partial charge in [0.2, 0.25) is 5.91 Å². The SMILES string of the molecule is CCC(C)N(CC(=O)N(Cc1ccccc1)Cc1cccs1)C(=O)COc1ccc(Cl)cc1. The summed E-state index contributed by atoms with van der Waals surface area (Å²) in [5, 5.41) is 2.61. The Bertz CT molecular complexity index is 1010. The lowest BCUT2D eigenvalue weighted by Gasteiger charge is -2.31. The van der Waals surface area contributed by atoms with Crippen LogP contribution in [0.25, 0.3) is 0 Å². The van der Waals surface area contributed by atoms with E-state index < -0.39 is 0 Å². The van der Waals surface area contributed by atoms with Crippen LogP contribution in [-0.4, -0.2) is 40.8 Å². The van der Waals surface area contributed by atoms with Crippen molar-refractivity contribution in [2.24, 2.45) is 0 Å². The second-order valence-corrected chi connectivity index (χ2v) is 9.30. The number of benzene rings is 2. The first-order valence-electron chi connectivity index (χ1n) is 11.0. The highest BCUT2D eigenvalue weighted by Crippen LogP contribution is 2.18. The maximum atomic E-state index is 13.4. The summed E-state index contributed by atoms with van der Waals surface area (Å²) in [6, 6.07) is 20.7.